The Morgan fingerprint density at radius 3 is 2.47 bits per heavy atom. The maximum Gasteiger partial charge on any atom is 0.130 e. The van der Waals surface area contributed by atoms with Crippen molar-refractivity contribution in [3.05, 3.63) is 24.5 Å². The van der Waals surface area contributed by atoms with Crippen LogP contribution in [0.1, 0.15) is 51.4 Å². The monoisotopic (exact) mass is 274 g/mol. The maximum absolute atomic E-state index is 4.92. The van der Waals surface area contributed by atoms with Crippen LogP contribution in [-0.4, -0.2) is 5.75 Å². The lowest BCUT2D eigenvalue weighted by molar-refractivity contribution is -0.127. The van der Waals surface area contributed by atoms with Crippen LogP contribution >= 0.6 is 21.9 Å². The average Bonchev–Trinajstić information content (AvgIpc) is 2.35. The highest BCUT2D eigenvalue weighted by atomic mass is 33.1. The molecule has 0 aromatic rings. The molecule has 0 aromatic carbocycles. The fraction of sp³-hybridized carbons (Fsp3) is 0.692. The first-order chi connectivity index (χ1) is 8.50. The summed E-state index contributed by atoms with van der Waals surface area (Å²) in [7, 11) is 1.71. The van der Waals surface area contributed by atoms with Crippen molar-refractivity contribution in [1.29, 1.82) is 0 Å². The van der Waals surface area contributed by atoms with Gasteiger partial charge in [-0.25, -0.2) is 0 Å². The molecule has 2 nitrogen and oxygen atoms in total. The lowest BCUT2D eigenvalue weighted by Gasteiger charge is -2.01. The molecule has 0 N–H and O–H groups in total. The van der Waals surface area contributed by atoms with Crippen LogP contribution in [0.3, 0.4) is 0 Å². The van der Waals surface area contributed by atoms with Crippen molar-refractivity contribution in [3.63, 3.8) is 0 Å². The van der Waals surface area contributed by atoms with E-state index in [0.29, 0.717) is 0 Å². The van der Waals surface area contributed by atoms with Gasteiger partial charge in [-0.15, -0.1) is 4.33 Å². The summed E-state index contributed by atoms with van der Waals surface area (Å²) < 4.78 is 4.92. The standard InChI is InChI=1S/C13H22O2S2/c1-2-4-6-8-10-12-14-15-17-16-13-11-9-7-5-3-1/h6,8,10,12H,1-5,7,9,11,13H2. The normalized spacial score (nSPS) is 21.6. The summed E-state index contributed by atoms with van der Waals surface area (Å²) in [4.78, 5) is 4.87. The molecule has 0 radical (unpaired) electrons. The van der Waals surface area contributed by atoms with Crippen molar-refractivity contribution in [2.75, 3.05) is 5.75 Å². The van der Waals surface area contributed by atoms with Crippen LogP contribution in [0.4, 0.5) is 0 Å². The first kappa shape index (κ1) is 15.0. The largest absolute Gasteiger partial charge is 0.332 e. The SMILES string of the molecule is C1=CCCCCCCCCCSSOOC=C1. The molecule has 0 saturated heterocycles. The van der Waals surface area contributed by atoms with E-state index in [1.54, 1.807) is 17.1 Å². The molecule has 0 aliphatic carbocycles. The number of allylic oxidation sites excluding steroid dienone is 3. The van der Waals surface area contributed by atoms with Crippen LogP contribution < -0.4 is 0 Å². The van der Waals surface area contributed by atoms with Gasteiger partial charge in [-0.3, -0.25) is 0 Å². The van der Waals surface area contributed by atoms with Crippen molar-refractivity contribution in [2.24, 2.45) is 0 Å². The minimum absolute atomic E-state index is 1.14. The molecule has 0 unspecified atom stereocenters. The molecule has 0 bridgehead atoms. The van der Waals surface area contributed by atoms with Gasteiger partial charge in [0.05, 0.1) is 0 Å². The van der Waals surface area contributed by atoms with Crippen LogP contribution in [0.15, 0.2) is 24.5 Å². The van der Waals surface area contributed by atoms with Gasteiger partial charge in [-0.1, -0.05) is 55.1 Å². The summed E-state index contributed by atoms with van der Waals surface area (Å²) in [5.41, 5.74) is 0. The van der Waals surface area contributed by atoms with Gasteiger partial charge in [0, 0.05) is 5.75 Å². The van der Waals surface area contributed by atoms with Crippen LogP contribution in [0.2, 0.25) is 0 Å². The van der Waals surface area contributed by atoms with Gasteiger partial charge >= 0.3 is 0 Å². The molecule has 1 aliphatic heterocycles. The number of hydrogen-bond acceptors (Lipinski definition) is 4. The van der Waals surface area contributed by atoms with E-state index in [4.69, 9.17) is 9.22 Å². The second-order valence-corrected chi connectivity index (χ2v) is 6.11. The summed E-state index contributed by atoms with van der Waals surface area (Å²) in [5.74, 6) is 1.14. The predicted octanol–water partition coefficient (Wildman–Crippen LogP) is 5.44. The van der Waals surface area contributed by atoms with Crippen LogP contribution in [0.25, 0.3) is 0 Å². The van der Waals surface area contributed by atoms with E-state index in [-0.39, 0.29) is 0 Å². The second kappa shape index (κ2) is 12.4. The minimum Gasteiger partial charge on any atom is -0.332 e. The van der Waals surface area contributed by atoms with Crippen LogP contribution in [0.5, 0.6) is 0 Å². The molecule has 17 heavy (non-hydrogen) atoms. The quantitative estimate of drug-likeness (QED) is 0.333. The van der Waals surface area contributed by atoms with E-state index in [0.717, 1.165) is 12.2 Å². The third kappa shape index (κ3) is 10.8. The van der Waals surface area contributed by atoms with E-state index < -0.39 is 0 Å². The molecule has 0 atom stereocenters. The molecule has 0 saturated carbocycles. The molecular weight excluding hydrogens is 252 g/mol. The Morgan fingerprint density at radius 1 is 0.824 bits per heavy atom. The lowest BCUT2D eigenvalue weighted by Crippen LogP contribution is -1.82. The van der Waals surface area contributed by atoms with E-state index in [2.05, 4.69) is 6.08 Å². The topological polar surface area (TPSA) is 18.5 Å². The summed E-state index contributed by atoms with van der Waals surface area (Å²) in [5, 5.41) is 0. The van der Waals surface area contributed by atoms with Crippen molar-refractivity contribution in [2.45, 2.75) is 51.4 Å². The number of hydrogen-bond donors (Lipinski definition) is 0. The van der Waals surface area contributed by atoms with Gasteiger partial charge in [0.2, 0.25) is 0 Å². The highest BCUT2D eigenvalue weighted by molar-refractivity contribution is 8.74. The first-order valence-corrected chi connectivity index (χ1v) is 8.68. The Bertz CT molecular complexity index is 195. The van der Waals surface area contributed by atoms with Crippen LogP contribution in [-0.2, 0) is 9.22 Å². The zero-order valence-electron chi connectivity index (χ0n) is 10.3. The maximum atomic E-state index is 4.92. The molecule has 0 aromatic heterocycles. The smallest absolute Gasteiger partial charge is 0.130 e. The minimum atomic E-state index is 1.14. The molecule has 4 heteroatoms. The van der Waals surface area contributed by atoms with Crippen molar-refractivity contribution in [1.82, 2.24) is 0 Å². The van der Waals surface area contributed by atoms with Crippen LogP contribution in [0, 0.1) is 0 Å². The fourth-order valence-electron chi connectivity index (χ4n) is 1.65. The van der Waals surface area contributed by atoms with Crippen molar-refractivity contribution < 1.29 is 9.22 Å². The Balaban J connectivity index is 2.13. The zero-order valence-corrected chi connectivity index (χ0v) is 11.9. The van der Waals surface area contributed by atoms with Gasteiger partial charge in [-0.2, -0.15) is 0 Å². The molecule has 98 valence electrons. The molecule has 0 spiro atoms. The third-order valence-corrected chi connectivity index (χ3v) is 4.24. The summed E-state index contributed by atoms with van der Waals surface area (Å²) >= 11 is 1.31. The van der Waals surface area contributed by atoms with Crippen molar-refractivity contribution >= 4 is 21.9 Å². The van der Waals surface area contributed by atoms with E-state index in [1.807, 2.05) is 12.2 Å². The van der Waals surface area contributed by atoms with Gasteiger partial charge in [0.25, 0.3) is 0 Å². The van der Waals surface area contributed by atoms with E-state index in [9.17, 15) is 0 Å². The molecule has 1 aliphatic rings. The molecule has 1 heterocycles. The summed E-state index contributed by atoms with van der Waals surface area (Å²) in [6, 6.07) is 0. The molecular formula is C13H22O2S2. The van der Waals surface area contributed by atoms with Gasteiger partial charge < -0.3 is 4.89 Å². The second-order valence-electron chi connectivity index (χ2n) is 4.07. The highest BCUT2D eigenvalue weighted by Gasteiger charge is 1.94. The molecule has 1 rings (SSSR count). The Hall–Kier alpha value is -0.0600. The fourth-order valence-corrected chi connectivity index (χ4v) is 2.93. The van der Waals surface area contributed by atoms with Gasteiger partial charge in [0.15, 0.2) is 0 Å². The summed E-state index contributed by atoms with van der Waals surface area (Å²) in [6.07, 6.45) is 18.2. The average molecular weight is 274 g/mol. The van der Waals surface area contributed by atoms with E-state index >= 15 is 0 Å². The van der Waals surface area contributed by atoms with E-state index in [1.165, 1.54) is 56.0 Å². The third-order valence-electron chi connectivity index (χ3n) is 2.59. The Morgan fingerprint density at radius 2 is 1.59 bits per heavy atom. The summed E-state index contributed by atoms with van der Waals surface area (Å²) in [6.45, 7) is 0. The molecule has 0 fully saturated rings. The number of rotatable bonds is 0. The van der Waals surface area contributed by atoms with Gasteiger partial charge in [-0.05, 0) is 25.3 Å². The zero-order chi connectivity index (χ0) is 12.0. The first-order valence-electron chi connectivity index (χ1n) is 6.43. The van der Waals surface area contributed by atoms with Crippen molar-refractivity contribution in [3.8, 4) is 0 Å². The Labute approximate surface area is 113 Å². The highest BCUT2D eigenvalue weighted by Crippen LogP contribution is 2.24. The van der Waals surface area contributed by atoms with Gasteiger partial charge in [0.1, 0.15) is 17.3 Å². The molecule has 0 amide bonds. The lowest BCUT2D eigenvalue weighted by atomic mass is 10.1. The predicted molar refractivity (Wildman–Crippen MR) is 77.4 cm³/mol. The Kier molecular flexibility index (Phi) is 10.9.